The number of hydrogen-bond acceptors (Lipinski definition) is 4. The molecular weight excluding hydrogens is 294 g/mol. The van der Waals surface area contributed by atoms with E-state index in [0.717, 1.165) is 15.6 Å². The van der Waals surface area contributed by atoms with Crippen molar-refractivity contribution in [3.05, 3.63) is 51.2 Å². The summed E-state index contributed by atoms with van der Waals surface area (Å²) in [7, 11) is 0. The Bertz CT molecular complexity index is 597. The Hall–Kier alpha value is -1.52. The van der Waals surface area contributed by atoms with E-state index in [1.807, 2.05) is 23.6 Å². The van der Waals surface area contributed by atoms with E-state index < -0.39 is 0 Å². The van der Waals surface area contributed by atoms with Gasteiger partial charge in [-0.15, -0.1) is 11.3 Å². The molecule has 0 aliphatic carbocycles. The first-order valence-corrected chi connectivity index (χ1v) is 7.63. The molecule has 1 heterocycles. The molecule has 3 nitrogen and oxygen atoms in total. The third-order valence-electron chi connectivity index (χ3n) is 2.84. The third kappa shape index (κ3) is 3.74. The third-order valence-corrected chi connectivity index (χ3v) is 3.95. The van der Waals surface area contributed by atoms with Crippen LogP contribution in [0.1, 0.15) is 35.8 Å². The van der Waals surface area contributed by atoms with Crippen LogP contribution >= 0.6 is 22.9 Å². The summed E-state index contributed by atoms with van der Waals surface area (Å²) < 4.78 is 5.77. The molecule has 1 aromatic heterocycles. The van der Waals surface area contributed by atoms with E-state index in [1.165, 1.54) is 11.3 Å². The van der Waals surface area contributed by atoms with Crippen LogP contribution in [0.3, 0.4) is 0 Å². The quantitative estimate of drug-likeness (QED) is 0.810. The zero-order chi connectivity index (χ0) is 14.5. The lowest BCUT2D eigenvalue weighted by Gasteiger charge is -2.14. The zero-order valence-corrected chi connectivity index (χ0v) is 12.9. The minimum atomic E-state index is -0.303. The summed E-state index contributed by atoms with van der Waals surface area (Å²) in [6, 6.07) is 9.36. The Kier molecular flexibility index (Phi) is 5.04. The maximum atomic E-state index is 11.7. The van der Waals surface area contributed by atoms with E-state index in [0.29, 0.717) is 12.2 Å². The molecule has 2 aromatic rings. The zero-order valence-electron chi connectivity index (χ0n) is 11.4. The minimum Gasteiger partial charge on any atom is -0.462 e. The van der Waals surface area contributed by atoms with Crippen LogP contribution < -0.4 is 5.32 Å². The summed E-state index contributed by atoms with van der Waals surface area (Å²) in [5, 5.41) is 5.37. The average Bonchev–Trinajstić information content (AvgIpc) is 2.86. The highest BCUT2D eigenvalue weighted by Gasteiger charge is 2.10. The van der Waals surface area contributed by atoms with Gasteiger partial charge in [0.25, 0.3) is 0 Å². The predicted octanol–water partition coefficient (Wildman–Crippen LogP) is 4.75. The Morgan fingerprint density at radius 2 is 2.25 bits per heavy atom. The smallest absolute Gasteiger partial charge is 0.338 e. The van der Waals surface area contributed by atoms with Gasteiger partial charge in [-0.25, -0.2) is 4.79 Å². The van der Waals surface area contributed by atoms with Gasteiger partial charge >= 0.3 is 5.97 Å². The number of rotatable bonds is 5. The summed E-state index contributed by atoms with van der Waals surface area (Å²) in [6.45, 7) is 4.22. The first-order chi connectivity index (χ1) is 9.60. The summed E-state index contributed by atoms with van der Waals surface area (Å²) in [6.07, 6.45) is 0. The summed E-state index contributed by atoms with van der Waals surface area (Å²) in [4.78, 5) is 11.7. The van der Waals surface area contributed by atoms with Crippen molar-refractivity contribution < 1.29 is 9.53 Å². The van der Waals surface area contributed by atoms with Crippen molar-refractivity contribution in [1.29, 1.82) is 0 Å². The molecule has 0 bridgehead atoms. The van der Waals surface area contributed by atoms with Gasteiger partial charge in [0.15, 0.2) is 0 Å². The molecule has 1 unspecified atom stereocenters. The number of carbonyl (C=O) groups is 1. The fraction of sp³-hybridized carbons (Fsp3) is 0.267. The SMILES string of the molecule is CCOC(=O)c1cccc(NC(C)c2csc(Cl)c2)c1. The highest BCUT2D eigenvalue weighted by atomic mass is 35.5. The molecule has 20 heavy (non-hydrogen) atoms. The molecule has 0 saturated heterocycles. The van der Waals surface area contributed by atoms with Crippen molar-refractivity contribution in [3.63, 3.8) is 0 Å². The number of hydrogen-bond donors (Lipinski definition) is 1. The van der Waals surface area contributed by atoms with Crippen molar-refractivity contribution in [1.82, 2.24) is 0 Å². The van der Waals surface area contributed by atoms with Crippen molar-refractivity contribution in [3.8, 4) is 0 Å². The van der Waals surface area contributed by atoms with Gasteiger partial charge in [0.05, 0.1) is 16.5 Å². The fourth-order valence-corrected chi connectivity index (χ4v) is 2.82. The molecule has 0 aliphatic heterocycles. The average molecular weight is 310 g/mol. The van der Waals surface area contributed by atoms with Crippen LogP contribution in [0.5, 0.6) is 0 Å². The standard InChI is InChI=1S/C15H16ClNO2S/c1-3-19-15(18)11-5-4-6-13(7-11)17-10(2)12-8-14(16)20-9-12/h4-10,17H,3H2,1-2H3. The van der Waals surface area contributed by atoms with Gasteiger partial charge in [-0.1, -0.05) is 17.7 Å². The van der Waals surface area contributed by atoms with E-state index in [-0.39, 0.29) is 12.0 Å². The normalized spacial score (nSPS) is 11.9. The molecule has 0 spiro atoms. The Balaban J connectivity index is 2.09. The van der Waals surface area contributed by atoms with Crippen LogP contribution in [-0.4, -0.2) is 12.6 Å². The largest absolute Gasteiger partial charge is 0.462 e. The fourth-order valence-electron chi connectivity index (χ4n) is 1.83. The van der Waals surface area contributed by atoms with Gasteiger partial charge in [0.1, 0.15) is 0 Å². The number of ether oxygens (including phenoxy) is 1. The van der Waals surface area contributed by atoms with Crippen LogP contribution in [0.2, 0.25) is 4.34 Å². The van der Waals surface area contributed by atoms with Gasteiger partial charge in [-0.3, -0.25) is 0 Å². The predicted molar refractivity (Wildman–Crippen MR) is 83.8 cm³/mol. The van der Waals surface area contributed by atoms with Gasteiger partial charge < -0.3 is 10.1 Å². The number of nitrogens with one attached hydrogen (secondary N) is 1. The molecule has 2 rings (SSSR count). The number of anilines is 1. The molecule has 0 aliphatic rings. The Labute approximate surface area is 127 Å². The lowest BCUT2D eigenvalue weighted by atomic mass is 10.1. The summed E-state index contributed by atoms with van der Waals surface area (Å²) >= 11 is 7.45. The second-order valence-corrected chi connectivity index (χ2v) is 5.89. The van der Waals surface area contributed by atoms with E-state index in [2.05, 4.69) is 12.2 Å². The van der Waals surface area contributed by atoms with Gasteiger partial charge in [-0.05, 0) is 49.1 Å². The van der Waals surface area contributed by atoms with Crippen molar-refractivity contribution >= 4 is 34.6 Å². The number of carbonyl (C=O) groups excluding carboxylic acids is 1. The first kappa shape index (κ1) is 14.9. The summed E-state index contributed by atoms with van der Waals surface area (Å²) in [5.74, 6) is -0.303. The van der Waals surface area contributed by atoms with Gasteiger partial charge in [0.2, 0.25) is 0 Å². The van der Waals surface area contributed by atoms with Gasteiger partial charge in [-0.2, -0.15) is 0 Å². The maximum Gasteiger partial charge on any atom is 0.338 e. The van der Waals surface area contributed by atoms with Crippen molar-refractivity contribution in [2.24, 2.45) is 0 Å². The van der Waals surface area contributed by atoms with Crippen molar-refractivity contribution in [2.75, 3.05) is 11.9 Å². The van der Waals surface area contributed by atoms with Crippen LogP contribution in [0.25, 0.3) is 0 Å². The molecule has 0 saturated carbocycles. The molecule has 1 atom stereocenters. The van der Waals surface area contributed by atoms with Gasteiger partial charge in [0, 0.05) is 11.7 Å². The lowest BCUT2D eigenvalue weighted by Crippen LogP contribution is -2.08. The van der Waals surface area contributed by atoms with Crippen LogP contribution in [0.15, 0.2) is 35.7 Å². The molecule has 0 amide bonds. The Morgan fingerprint density at radius 3 is 2.90 bits per heavy atom. The first-order valence-electron chi connectivity index (χ1n) is 6.37. The van der Waals surface area contributed by atoms with Crippen LogP contribution in [0, 0.1) is 0 Å². The molecule has 106 valence electrons. The number of halogens is 1. The monoisotopic (exact) mass is 309 g/mol. The molecule has 5 heteroatoms. The molecular formula is C15H16ClNO2S. The van der Waals surface area contributed by atoms with Crippen molar-refractivity contribution in [2.45, 2.75) is 19.9 Å². The van der Waals surface area contributed by atoms with Crippen LogP contribution in [-0.2, 0) is 4.74 Å². The maximum absolute atomic E-state index is 11.7. The highest BCUT2D eigenvalue weighted by molar-refractivity contribution is 7.14. The van der Waals surface area contributed by atoms with E-state index >= 15 is 0 Å². The van der Waals surface area contributed by atoms with E-state index in [9.17, 15) is 4.79 Å². The molecule has 0 fully saturated rings. The minimum absolute atomic E-state index is 0.121. The number of esters is 1. The second-order valence-electron chi connectivity index (χ2n) is 4.35. The highest BCUT2D eigenvalue weighted by Crippen LogP contribution is 2.27. The number of benzene rings is 1. The van der Waals surface area contributed by atoms with E-state index in [1.54, 1.807) is 19.1 Å². The number of thiophene rings is 1. The topological polar surface area (TPSA) is 38.3 Å². The lowest BCUT2D eigenvalue weighted by molar-refractivity contribution is 0.0526. The second kappa shape index (κ2) is 6.77. The molecule has 1 aromatic carbocycles. The molecule has 0 radical (unpaired) electrons. The summed E-state index contributed by atoms with van der Waals surface area (Å²) in [5.41, 5.74) is 2.55. The Morgan fingerprint density at radius 1 is 1.45 bits per heavy atom. The van der Waals surface area contributed by atoms with E-state index in [4.69, 9.17) is 16.3 Å². The van der Waals surface area contributed by atoms with Crippen LogP contribution in [0.4, 0.5) is 5.69 Å². The molecule has 1 N–H and O–H groups in total.